The Morgan fingerprint density at radius 1 is 1.03 bits per heavy atom. The lowest BCUT2D eigenvalue weighted by atomic mass is 9.97. The minimum atomic E-state index is -0.515. The lowest BCUT2D eigenvalue weighted by molar-refractivity contribution is -0.154. The Kier molecular flexibility index (Phi) is 8.89. The van der Waals surface area contributed by atoms with Crippen LogP contribution in [-0.4, -0.2) is 94.0 Å². The molecule has 0 spiro atoms. The van der Waals surface area contributed by atoms with Crippen LogP contribution in [0.15, 0.2) is 18.2 Å². The van der Waals surface area contributed by atoms with E-state index in [0.29, 0.717) is 30.7 Å². The van der Waals surface area contributed by atoms with Crippen molar-refractivity contribution in [3.05, 3.63) is 29.3 Å². The fourth-order valence-electron chi connectivity index (χ4n) is 4.68. The molecular formula is C25H35N3O6. The summed E-state index contributed by atoms with van der Waals surface area (Å²) in [4.78, 5) is 29.7. The number of para-hydroxylation sites is 1. The molecule has 2 aliphatic heterocycles. The van der Waals surface area contributed by atoms with E-state index in [9.17, 15) is 14.9 Å². The van der Waals surface area contributed by atoms with Gasteiger partial charge in [-0.3, -0.25) is 9.59 Å². The number of rotatable bonds is 2. The van der Waals surface area contributed by atoms with E-state index in [0.717, 1.165) is 12.8 Å². The lowest BCUT2D eigenvalue weighted by Crippen LogP contribution is -2.50. The second kappa shape index (κ2) is 11.6. The van der Waals surface area contributed by atoms with Gasteiger partial charge in [0.1, 0.15) is 17.9 Å². The van der Waals surface area contributed by atoms with E-state index in [1.807, 2.05) is 0 Å². The number of fused-ring (bicyclic) bond motifs is 3. The number of hydrogen-bond acceptors (Lipinski definition) is 7. The van der Waals surface area contributed by atoms with Gasteiger partial charge in [0.25, 0.3) is 5.91 Å². The highest BCUT2D eigenvalue weighted by atomic mass is 16.5. The minimum absolute atomic E-state index is 0.0759. The molecule has 9 heteroatoms. The summed E-state index contributed by atoms with van der Waals surface area (Å²) in [5, 5.41) is 9.60. The van der Waals surface area contributed by atoms with E-state index in [1.54, 1.807) is 51.2 Å². The molecule has 1 fully saturated rings. The summed E-state index contributed by atoms with van der Waals surface area (Å²) in [6, 6.07) is 7.07. The van der Waals surface area contributed by atoms with E-state index < -0.39 is 12.0 Å². The monoisotopic (exact) mass is 473 g/mol. The third kappa shape index (κ3) is 5.69. The third-order valence-electron chi connectivity index (χ3n) is 6.79. The fraction of sp³-hybridized carbons (Fsp3) is 0.640. The molecule has 34 heavy (non-hydrogen) atoms. The lowest BCUT2D eigenvalue weighted by Gasteiger charge is -2.38. The summed E-state index contributed by atoms with van der Waals surface area (Å²) in [5.41, 5.74) is 0.609. The number of carbonyl (C=O) groups excluding carboxylic acids is 2. The van der Waals surface area contributed by atoms with Crippen LogP contribution < -0.4 is 4.74 Å². The van der Waals surface area contributed by atoms with Crippen molar-refractivity contribution in [2.24, 2.45) is 5.92 Å². The topological polar surface area (TPSA) is 101 Å². The Labute approximate surface area is 201 Å². The molecule has 1 saturated heterocycles. The number of hydrogen-bond donors (Lipinski definition) is 0. The van der Waals surface area contributed by atoms with Gasteiger partial charge in [0.15, 0.2) is 0 Å². The Hall–Kier alpha value is -2.67. The Bertz CT molecular complexity index is 916. The van der Waals surface area contributed by atoms with Crippen LogP contribution >= 0.6 is 0 Å². The first-order valence-electron chi connectivity index (χ1n) is 11.7. The van der Waals surface area contributed by atoms with Crippen molar-refractivity contribution in [3.63, 3.8) is 0 Å². The number of methoxy groups -OCH3 is 2. The van der Waals surface area contributed by atoms with Crippen LogP contribution in [0.2, 0.25) is 0 Å². The SMILES string of the molecule is CO[C@@H]1CC[C@@H]2CCOc3c(C#N)cccc3C(=O)N(C)C[C@@H](OC)[C@@H](C)C(=O)N(C)C[C@H]1O2. The molecule has 2 heterocycles. The van der Waals surface area contributed by atoms with Gasteiger partial charge in [0, 0.05) is 47.8 Å². The van der Waals surface area contributed by atoms with Gasteiger partial charge in [0.05, 0.1) is 42.0 Å². The van der Waals surface area contributed by atoms with E-state index in [2.05, 4.69) is 6.07 Å². The van der Waals surface area contributed by atoms with Crippen molar-refractivity contribution in [2.75, 3.05) is 48.0 Å². The van der Waals surface area contributed by atoms with Gasteiger partial charge in [-0.15, -0.1) is 0 Å². The number of nitriles is 1. The van der Waals surface area contributed by atoms with Crippen LogP contribution in [0.3, 0.4) is 0 Å². The van der Waals surface area contributed by atoms with Crippen LogP contribution in [-0.2, 0) is 19.0 Å². The van der Waals surface area contributed by atoms with Gasteiger partial charge >= 0.3 is 0 Å². The highest BCUT2D eigenvalue weighted by Crippen LogP contribution is 2.28. The number of carbonyl (C=O) groups is 2. The van der Waals surface area contributed by atoms with Crippen molar-refractivity contribution < 1.29 is 28.5 Å². The molecule has 0 aliphatic carbocycles. The summed E-state index contributed by atoms with van der Waals surface area (Å²) < 4.78 is 23.6. The first kappa shape index (κ1) is 25.9. The molecule has 186 valence electrons. The summed E-state index contributed by atoms with van der Waals surface area (Å²) in [5.74, 6) is -0.601. The molecule has 9 nitrogen and oxygen atoms in total. The number of ether oxygens (including phenoxy) is 4. The molecule has 1 aromatic rings. The van der Waals surface area contributed by atoms with Crippen LogP contribution in [0.5, 0.6) is 5.75 Å². The maximum atomic E-state index is 13.3. The Balaban J connectivity index is 1.95. The van der Waals surface area contributed by atoms with Gasteiger partial charge in [-0.05, 0) is 25.0 Å². The molecule has 0 unspecified atom stereocenters. The first-order valence-corrected chi connectivity index (χ1v) is 11.7. The summed E-state index contributed by atoms with van der Waals surface area (Å²) >= 11 is 0. The highest BCUT2D eigenvalue weighted by molar-refractivity contribution is 5.97. The summed E-state index contributed by atoms with van der Waals surface area (Å²) in [6.07, 6.45) is 1.25. The van der Waals surface area contributed by atoms with Gasteiger partial charge < -0.3 is 28.7 Å². The molecule has 0 radical (unpaired) electrons. The van der Waals surface area contributed by atoms with Crippen LogP contribution in [0, 0.1) is 17.2 Å². The third-order valence-corrected chi connectivity index (χ3v) is 6.79. The van der Waals surface area contributed by atoms with Crippen LogP contribution in [0.4, 0.5) is 0 Å². The smallest absolute Gasteiger partial charge is 0.257 e. The molecule has 2 aliphatic rings. The number of benzene rings is 1. The van der Waals surface area contributed by atoms with Crippen molar-refractivity contribution in [2.45, 2.75) is 50.6 Å². The quantitative estimate of drug-likeness (QED) is 0.648. The van der Waals surface area contributed by atoms with E-state index in [-0.39, 0.29) is 42.4 Å². The highest BCUT2D eigenvalue weighted by Gasteiger charge is 2.36. The Morgan fingerprint density at radius 3 is 2.44 bits per heavy atom. The van der Waals surface area contributed by atoms with E-state index in [1.165, 1.54) is 12.0 Å². The maximum absolute atomic E-state index is 13.3. The summed E-state index contributed by atoms with van der Waals surface area (Å²) in [7, 11) is 6.61. The second-order valence-electron chi connectivity index (χ2n) is 9.05. The molecule has 1 aromatic carbocycles. The zero-order chi connectivity index (χ0) is 24.8. The average molecular weight is 474 g/mol. The van der Waals surface area contributed by atoms with Gasteiger partial charge in [-0.1, -0.05) is 13.0 Å². The average Bonchev–Trinajstić information content (AvgIpc) is 2.85. The zero-order valence-electron chi connectivity index (χ0n) is 20.7. The number of likely N-dealkylation sites (N-methyl/N-ethyl adjacent to an activating group) is 2. The molecule has 3 rings (SSSR count). The maximum Gasteiger partial charge on any atom is 0.257 e. The zero-order valence-corrected chi connectivity index (χ0v) is 20.7. The first-order chi connectivity index (χ1) is 16.3. The van der Waals surface area contributed by atoms with Gasteiger partial charge in [0.2, 0.25) is 5.91 Å². The van der Waals surface area contributed by atoms with E-state index in [4.69, 9.17) is 18.9 Å². The molecule has 2 amide bonds. The van der Waals surface area contributed by atoms with Crippen molar-refractivity contribution in [3.8, 4) is 11.8 Å². The predicted octanol–water partition coefficient (Wildman–Crippen LogP) is 2.08. The van der Waals surface area contributed by atoms with Gasteiger partial charge in [-0.25, -0.2) is 0 Å². The van der Waals surface area contributed by atoms with Crippen molar-refractivity contribution in [1.29, 1.82) is 5.26 Å². The Morgan fingerprint density at radius 2 is 1.76 bits per heavy atom. The molecule has 0 aromatic heterocycles. The van der Waals surface area contributed by atoms with Crippen LogP contribution in [0.1, 0.15) is 42.1 Å². The standard InChI is InChI=1S/C25H35N3O6/c1-16-21(32-5)14-28(3)25(30)19-8-6-7-17(13-26)23(19)33-12-11-18-9-10-20(31-4)22(34-18)15-27(2)24(16)29/h6-8,16,18,20-22H,9-12,14-15H2,1-5H3/t16-,18-,20-,21-,22-/m1/s1. The van der Waals surface area contributed by atoms with Crippen molar-refractivity contribution >= 4 is 11.8 Å². The predicted molar refractivity (Wildman–Crippen MR) is 125 cm³/mol. The summed E-state index contributed by atoms with van der Waals surface area (Å²) in [6.45, 7) is 2.70. The molecule has 0 saturated carbocycles. The second-order valence-corrected chi connectivity index (χ2v) is 9.05. The molecular weight excluding hydrogens is 438 g/mol. The van der Waals surface area contributed by atoms with Crippen molar-refractivity contribution in [1.82, 2.24) is 9.80 Å². The normalized spacial score (nSPS) is 29.2. The largest absolute Gasteiger partial charge is 0.491 e. The van der Waals surface area contributed by atoms with Gasteiger partial charge in [-0.2, -0.15) is 5.26 Å². The minimum Gasteiger partial charge on any atom is -0.491 e. The fourth-order valence-corrected chi connectivity index (χ4v) is 4.68. The molecule has 0 N–H and O–H groups in total. The molecule has 2 bridgehead atoms. The van der Waals surface area contributed by atoms with E-state index >= 15 is 0 Å². The van der Waals surface area contributed by atoms with Crippen LogP contribution in [0.25, 0.3) is 0 Å². The molecule has 5 atom stereocenters. The number of nitrogens with zero attached hydrogens (tertiary/aromatic N) is 3. The number of amides is 2.